The van der Waals surface area contributed by atoms with Crippen molar-refractivity contribution in [3.63, 3.8) is 0 Å². The van der Waals surface area contributed by atoms with Crippen LogP contribution in [0, 0.1) is 10.1 Å². The predicted octanol–water partition coefficient (Wildman–Crippen LogP) is 3.85. The summed E-state index contributed by atoms with van der Waals surface area (Å²) in [6.45, 7) is 2.70. The van der Waals surface area contributed by atoms with Crippen molar-refractivity contribution in [2.45, 2.75) is 19.8 Å². The third kappa shape index (κ3) is 3.95. The molecule has 0 saturated carbocycles. The van der Waals surface area contributed by atoms with Gasteiger partial charge in [0.1, 0.15) is 5.75 Å². The Kier molecular flexibility index (Phi) is 5.34. The van der Waals surface area contributed by atoms with Gasteiger partial charge in [0.05, 0.1) is 23.2 Å². The van der Waals surface area contributed by atoms with E-state index in [9.17, 15) is 14.9 Å². The first-order chi connectivity index (χ1) is 14.5. The lowest BCUT2D eigenvalue weighted by atomic mass is 10.1. The van der Waals surface area contributed by atoms with Crippen LogP contribution >= 0.6 is 0 Å². The summed E-state index contributed by atoms with van der Waals surface area (Å²) in [6, 6.07) is 9.71. The van der Waals surface area contributed by atoms with Gasteiger partial charge in [0.25, 0.3) is 5.69 Å². The maximum atomic E-state index is 12.3. The number of aliphatic imine (C=N–C) groups is 1. The summed E-state index contributed by atoms with van der Waals surface area (Å²) in [5.41, 5.74) is 0.489. The van der Waals surface area contributed by atoms with Gasteiger partial charge in [0, 0.05) is 5.56 Å². The average molecular weight is 410 g/mol. The molecule has 0 atom stereocenters. The Hall–Kier alpha value is -3.88. The van der Waals surface area contributed by atoms with Gasteiger partial charge in [-0.15, -0.1) is 0 Å². The maximum Gasteiger partial charge on any atom is 0.363 e. The second-order valence-electron chi connectivity index (χ2n) is 6.58. The van der Waals surface area contributed by atoms with Crippen LogP contribution in [0.5, 0.6) is 17.2 Å². The molecule has 0 bridgehead atoms. The van der Waals surface area contributed by atoms with E-state index >= 15 is 0 Å². The number of benzene rings is 2. The number of hydrogen-bond donors (Lipinski definition) is 0. The highest BCUT2D eigenvalue weighted by atomic mass is 16.7. The van der Waals surface area contributed by atoms with E-state index in [1.807, 2.05) is 0 Å². The topological polar surface area (TPSA) is 109 Å². The molecule has 2 aromatic carbocycles. The van der Waals surface area contributed by atoms with Gasteiger partial charge < -0.3 is 18.9 Å². The highest BCUT2D eigenvalue weighted by Gasteiger charge is 2.27. The molecular weight excluding hydrogens is 392 g/mol. The average Bonchev–Trinajstić information content (AvgIpc) is 3.34. The van der Waals surface area contributed by atoms with Crippen molar-refractivity contribution in [3.8, 4) is 17.2 Å². The zero-order valence-electron chi connectivity index (χ0n) is 16.1. The maximum absolute atomic E-state index is 12.3. The van der Waals surface area contributed by atoms with E-state index in [2.05, 4.69) is 11.9 Å². The summed E-state index contributed by atoms with van der Waals surface area (Å²) in [7, 11) is 0. The quantitative estimate of drug-likeness (QED) is 0.224. The van der Waals surface area contributed by atoms with E-state index in [1.54, 1.807) is 24.3 Å². The number of esters is 1. The first-order valence-electron chi connectivity index (χ1n) is 9.39. The Morgan fingerprint density at radius 1 is 1.20 bits per heavy atom. The van der Waals surface area contributed by atoms with Crippen molar-refractivity contribution in [1.29, 1.82) is 0 Å². The highest BCUT2D eigenvalue weighted by Crippen LogP contribution is 2.39. The number of ether oxygens (including phenoxy) is 4. The molecular formula is C21H18N2O7. The van der Waals surface area contributed by atoms with Gasteiger partial charge >= 0.3 is 5.97 Å². The zero-order chi connectivity index (χ0) is 21.1. The third-order valence-corrected chi connectivity index (χ3v) is 4.50. The number of fused-ring (bicyclic) bond motifs is 1. The molecule has 2 aromatic rings. The van der Waals surface area contributed by atoms with Crippen LogP contribution in [0.15, 0.2) is 47.1 Å². The van der Waals surface area contributed by atoms with Crippen LogP contribution in [-0.2, 0) is 9.53 Å². The van der Waals surface area contributed by atoms with Gasteiger partial charge in [-0.2, -0.15) is 0 Å². The second kappa shape index (κ2) is 8.24. The summed E-state index contributed by atoms with van der Waals surface area (Å²) in [4.78, 5) is 27.3. The molecule has 0 saturated heterocycles. The van der Waals surface area contributed by atoms with Crippen LogP contribution in [0.2, 0.25) is 0 Å². The van der Waals surface area contributed by atoms with Crippen molar-refractivity contribution in [2.75, 3.05) is 13.4 Å². The van der Waals surface area contributed by atoms with Crippen LogP contribution in [0.25, 0.3) is 6.08 Å². The molecule has 9 heteroatoms. The minimum atomic E-state index is -0.694. The normalized spacial score (nSPS) is 15.8. The fourth-order valence-corrected chi connectivity index (χ4v) is 2.93. The summed E-state index contributed by atoms with van der Waals surface area (Å²) >= 11 is 0. The summed E-state index contributed by atoms with van der Waals surface area (Å²) in [6.07, 6.45) is 3.31. The Morgan fingerprint density at radius 3 is 2.63 bits per heavy atom. The van der Waals surface area contributed by atoms with Crippen molar-refractivity contribution >= 4 is 23.6 Å². The first kappa shape index (κ1) is 19.4. The minimum absolute atomic E-state index is 0.0188. The molecule has 0 radical (unpaired) electrons. The van der Waals surface area contributed by atoms with E-state index in [0.717, 1.165) is 12.8 Å². The van der Waals surface area contributed by atoms with Crippen molar-refractivity contribution in [1.82, 2.24) is 0 Å². The lowest BCUT2D eigenvalue weighted by Gasteiger charge is -2.05. The largest absolute Gasteiger partial charge is 0.494 e. The van der Waals surface area contributed by atoms with E-state index in [0.29, 0.717) is 23.7 Å². The van der Waals surface area contributed by atoms with Crippen molar-refractivity contribution in [3.05, 3.63) is 63.3 Å². The highest BCUT2D eigenvalue weighted by molar-refractivity contribution is 6.13. The third-order valence-electron chi connectivity index (χ3n) is 4.50. The molecule has 154 valence electrons. The Morgan fingerprint density at radius 2 is 1.93 bits per heavy atom. The molecule has 4 rings (SSSR count). The molecule has 0 fully saturated rings. The number of cyclic esters (lactones) is 1. The first-order valence-corrected chi connectivity index (χ1v) is 9.39. The van der Waals surface area contributed by atoms with Gasteiger partial charge in [-0.25, -0.2) is 9.79 Å². The van der Waals surface area contributed by atoms with E-state index in [1.165, 1.54) is 18.2 Å². The van der Waals surface area contributed by atoms with Crippen molar-refractivity contribution < 1.29 is 28.7 Å². The van der Waals surface area contributed by atoms with E-state index < -0.39 is 10.9 Å². The molecule has 9 nitrogen and oxygen atoms in total. The molecule has 0 spiro atoms. The SMILES string of the molecule is CCCCOc1ccc(C2=N/C(=C\c3cc4c(cc3[N+](=O)[O-])OCO4)C(=O)O2)cc1. The Balaban J connectivity index is 1.60. The Bertz CT molecular complexity index is 1060. The predicted molar refractivity (Wildman–Crippen MR) is 107 cm³/mol. The van der Waals surface area contributed by atoms with Gasteiger partial charge in [0.15, 0.2) is 17.2 Å². The summed E-state index contributed by atoms with van der Waals surface area (Å²) in [5, 5.41) is 11.4. The summed E-state index contributed by atoms with van der Waals surface area (Å²) in [5.74, 6) is 0.781. The van der Waals surface area contributed by atoms with Crippen molar-refractivity contribution in [2.24, 2.45) is 4.99 Å². The molecule has 0 aromatic heterocycles. The minimum Gasteiger partial charge on any atom is -0.494 e. The fraction of sp³-hybridized carbons (Fsp3) is 0.238. The number of nitro benzene ring substituents is 1. The van der Waals surface area contributed by atoms with Gasteiger partial charge in [-0.05, 0) is 42.8 Å². The second-order valence-corrected chi connectivity index (χ2v) is 6.58. The molecule has 0 unspecified atom stereocenters. The number of unbranched alkanes of at least 4 members (excludes halogenated alkanes) is 1. The smallest absolute Gasteiger partial charge is 0.363 e. The lowest BCUT2D eigenvalue weighted by molar-refractivity contribution is -0.385. The monoisotopic (exact) mass is 410 g/mol. The van der Waals surface area contributed by atoms with E-state index in [-0.39, 0.29) is 35.4 Å². The molecule has 30 heavy (non-hydrogen) atoms. The lowest BCUT2D eigenvalue weighted by Crippen LogP contribution is -2.05. The fourth-order valence-electron chi connectivity index (χ4n) is 2.93. The molecule has 0 aliphatic carbocycles. The molecule has 0 N–H and O–H groups in total. The Labute approximate surface area is 171 Å². The van der Waals surface area contributed by atoms with Gasteiger partial charge in [0.2, 0.25) is 12.7 Å². The number of hydrogen-bond acceptors (Lipinski definition) is 8. The standard InChI is InChI=1S/C21H18N2O7/c1-2-3-8-27-15-6-4-13(5-7-15)20-22-16(21(24)30-20)9-14-10-18-19(29-12-28-18)11-17(14)23(25)26/h4-7,9-11H,2-3,8,12H2,1H3/b16-9-. The van der Waals surface area contributed by atoms with Crippen LogP contribution in [0.1, 0.15) is 30.9 Å². The van der Waals surface area contributed by atoms with E-state index in [4.69, 9.17) is 18.9 Å². The molecule has 0 amide bonds. The summed E-state index contributed by atoms with van der Waals surface area (Å²) < 4.78 is 21.3. The van der Waals surface area contributed by atoms with Gasteiger partial charge in [-0.3, -0.25) is 10.1 Å². The van der Waals surface area contributed by atoms with Crippen LogP contribution in [0.4, 0.5) is 5.69 Å². The number of carbonyl (C=O) groups is 1. The van der Waals surface area contributed by atoms with Crippen LogP contribution < -0.4 is 14.2 Å². The number of carbonyl (C=O) groups excluding carboxylic acids is 1. The molecule has 2 heterocycles. The van der Waals surface area contributed by atoms with Crippen LogP contribution in [-0.4, -0.2) is 30.2 Å². The number of nitro groups is 1. The molecule has 2 aliphatic heterocycles. The number of nitrogens with zero attached hydrogens (tertiary/aromatic N) is 2. The van der Waals surface area contributed by atoms with Crippen LogP contribution in [0.3, 0.4) is 0 Å². The molecule has 2 aliphatic rings. The van der Waals surface area contributed by atoms with Gasteiger partial charge in [-0.1, -0.05) is 13.3 Å². The number of rotatable bonds is 7. The zero-order valence-corrected chi connectivity index (χ0v) is 16.1.